The van der Waals surface area contributed by atoms with Crippen LogP contribution < -0.4 is 9.47 Å². The topological polar surface area (TPSA) is 94.8 Å². The lowest BCUT2D eigenvalue weighted by Gasteiger charge is -2.18. The zero-order valence-electron chi connectivity index (χ0n) is 17.5. The van der Waals surface area contributed by atoms with Crippen LogP contribution in [-0.2, 0) is 10.0 Å². The Morgan fingerprint density at radius 1 is 0.933 bits per heavy atom. The van der Waals surface area contributed by atoms with Gasteiger partial charge in [-0.3, -0.25) is 0 Å². The minimum absolute atomic E-state index is 0.186. The molecule has 0 fully saturated rings. The fourth-order valence-corrected chi connectivity index (χ4v) is 4.54. The van der Waals surface area contributed by atoms with Gasteiger partial charge in [0, 0.05) is 24.2 Å². The molecule has 0 spiro atoms. The number of ether oxygens (including phenoxy) is 2. The zero-order valence-corrected chi connectivity index (χ0v) is 18.3. The molecule has 160 valence electrons. The van der Waals surface area contributed by atoms with Crippen molar-refractivity contribution in [1.82, 2.24) is 14.5 Å². The molecular formula is C21H25N3O5S. The molecule has 3 rings (SSSR count). The van der Waals surface area contributed by atoms with Crippen LogP contribution in [0, 0.1) is 0 Å². The maximum atomic E-state index is 12.8. The Hall–Kier alpha value is -2.91. The van der Waals surface area contributed by atoms with E-state index in [9.17, 15) is 8.42 Å². The molecule has 0 unspecified atom stereocenters. The van der Waals surface area contributed by atoms with Crippen LogP contribution in [0.15, 0.2) is 51.8 Å². The van der Waals surface area contributed by atoms with Crippen molar-refractivity contribution in [2.24, 2.45) is 0 Å². The summed E-state index contributed by atoms with van der Waals surface area (Å²) in [5.74, 6) is 1.71. The predicted molar refractivity (Wildman–Crippen MR) is 113 cm³/mol. The fraction of sp³-hybridized carbons (Fsp3) is 0.333. The van der Waals surface area contributed by atoms with E-state index in [4.69, 9.17) is 13.9 Å². The van der Waals surface area contributed by atoms with Crippen LogP contribution in [0.2, 0.25) is 0 Å². The number of benzene rings is 2. The molecule has 0 radical (unpaired) electrons. The lowest BCUT2D eigenvalue weighted by Crippen LogP contribution is -2.30. The standard InChI is InChI=1S/C21H25N3O5S/c1-5-24(6-2)30(25,26)17-10-8-9-15(13-17)20-22-23-21(29-20)16-11-12-18(28-7-3)19(14-16)27-4/h8-14H,5-7H2,1-4H3. The molecule has 30 heavy (non-hydrogen) atoms. The molecule has 1 heterocycles. The first kappa shape index (κ1) is 21.8. The van der Waals surface area contributed by atoms with Gasteiger partial charge >= 0.3 is 0 Å². The van der Waals surface area contributed by atoms with Crippen LogP contribution in [0.4, 0.5) is 0 Å². The summed E-state index contributed by atoms with van der Waals surface area (Å²) >= 11 is 0. The molecule has 0 atom stereocenters. The third kappa shape index (κ3) is 4.31. The Kier molecular flexibility index (Phi) is 6.73. The number of methoxy groups -OCH3 is 1. The molecular weight excluding hydrogens is 406 g/mol. The summed E-state index contributed by atoms with van der Waals surface area (Å²) in [6.45, 7) is 6.82. The van der Waals surface area contributed by atoms with E-state index in [1.54, 1.807) is 63.4 Å². The molecule has 0 bridgehead atoms. The van der Waals surface area contributed by atoms with Gasteiger partial charge < -0.3 is 13.9 Å². The van der Waals surface area contributed by atoms with Crippen LogP contribution in [0.3, 0.4) is 0 Å². The minimum atomic E-state index is -3.58. The molecule has 0 saturated carbocycles. The molecule has 0 saturated heterocycles. The number of aromatic nitrogens is 2. The second-order valence-electron chi connectivity index (χ2n) is 6.33. The Bertz CT molecular complexity index is 1110. The Balaban J connectivity index is 1.94. The molecule has 2 aromatic carbocycles. The van der Waals surface area contributed by atoms with Gasteiger partial charge in [0.15, 0.2) is 11.5 Å². The monoisotopic (exact) mass is 431 g/mol. The van der Waals surface area contributed by atoms with Gasteiger partial charge in [0.25, 0.3) is 0 Å². The van der Waals surface area contributed by atoms with Gasteiger partial charge in [0.1, 0.15) is 0 Å². The third-order valence-electron chi connectivity index (χ3n) is 4.56. The van der Waals surface area contributed by atoms with Gasteiger partial charge in [0.05, 0.1) is 18.6 Å². The number of rotatable bonds is 9. The number of sulfonamides is 1. The summed E-state index contributed by atoms with van der Waals surface area (Å²) < 4.78 is 43.7. The fourth-order valence-electron chi connectivity index (χ4n) is 3.03. The Morgan fingerprint density at radius 2 is 1.60 bits per heavy atom. The summed E-state index contributed by atoms with van der Waals surface area (Å²) in [4.78, 5) is 0.186. The molecule has 8 nitrogen and oxygen atoms in total. The number of hydrogen-bond donors (Lipinski definition) is 0. The van der Waals surface area contributed by atoms with Crippen molar-refractivity contribution in [2.45, 2.75) is 25.7 Å². The lowest BCUT2D eigenvalue weighted by atomic mass is 10.2. The first-order valence-corrected chi connectivity index (χ1v) is 11.1. The zero-order chi connectivity index (χ0) is 21.7. The summed E-state index contributed by atoms with van der Waals surface area (Å²) in [6.07, 6.45) is 0. The molecule has 0 N–H and O–H groups in total. The van der Waals surface area contributed by atoms with Gasteiger partial charge in [-0.2, -0.15) is 4.31 Å². The van der Waals surface area contributed by atoms with E-state index in [0.29, 0.717) is 48.2 Å². The molecule has 9 heteroatoms. The Morgan fingerprint density at radius 3 is 2.20 bits per heavy atom. The van der Waals surface area contributed by atoms with Crippen molar-refractivity contribution in [3.05, 3.63) is 42.5 Å². The number of nitrogens with zero attached hydrogens (tertiary/aromatic N) is 3. The molecule has 3 aromatic rings. The normalized spacial score (nSPS) is 11.6. The maximum Gasteiger partial charge on any atom is 0.248 e. The summed E-state index contributed by atoms with van der Waals surface area (Å²) in [6, 6.07) is 11.8. The summed E-state index contributed by atoms with van der Waals surface area (Å²) in [7, 11) is -2.03. The van der Waals surface area contributed by atoms with Crippen molar-refractivity contribution < 1.29 is 22.3 Å². The van der Waals surface area contributed by atoms with Gasteiger partial charge in [-0.25, -0.2) is 8.42 Å². The van der Waals surface area contributed by atoms with Crippen molar-refractivity contribution >= 4 is 10.0 Å². The van der Waals surface area contributed by atoms with Gasteiger partial charge in [-0.1, -0.05) is 19.9 Å². The molecule has 1 aromatic heterocycles. The average Bonchev–Trinajstić information content (AvgIpc) is 3.25. The predicted octanol–water partition coefficient (Wildman–Crippen LogP) is 3.84. The van der Waals surface area contributed by atoms with Crippen LogP contribution >= 0.6 is 0 Å². The van der Waals surface area contributed by atoms with Crippen LogP contribution in [0.25, 0.3) is 22.9 Å². The minimum Gasteiger partial charge on any atom is -0.493 e. The highest BCUT2D eigenvalue weighted by atomic mass is 32.2. The highest BCUT2D eigenvalue weighted by Gasteiger charge is 2.23. The SMILES string of the molecule is CCOc1ccc(-c2nnc(-c3cccc(S(=O)(=O)N(CC)CC)c3)o2)cc1OC. The van der Waals surface area contributed by atoms with E-state index in [2.05, 4.69) is 10.2 Å². The third-order valence-corrected chi connectivity index (χ3v) is 6.61. The summed E-state index contributed by atoms with van der Waals surface area (Å²) in [5.41, 5.74) is 1.20. The van der Waals surface area contributed by atoms with Crippen LogP contribution in [0.5, 0.6) is 11.5 Å². The van der Waals surface area contributed by atoms with Gasteiger partial charge in [0.2, 0.25) is 21.8 Å². The van der Waals surface area contributed by atoms with Crippen LogP contribution in [-0.4, -0.2) is 49.7 Å². The van der Waals surface area contributed by atoms with E-state index in [1.165, 1.54) is 4.31 Å². The molecule has 0 aliphatic rings. The average molecular weight is 432 g/mol. The maximum absolute atomic E-state index is 12.8. The van der Waals surface area contributed by atoms with E-state index in [1.807, 2.05) is 6.92 Å². The highest BCUT2D eigenvalue weighted by Crippen LogP contribution is 2.33. The van der Waals surface area contributed by atoms with Crippen molar-refractivity contribution in [3.63, 3.8) is 0 Å². The van der Waals surface area contributed by atoms with E-state index in [0.717, 1.165) is 0 Å². The summed E-state index contributed by atoms with van der Waals surface area (Å²) in [5, 5.41) is 8.19. The largest absolute Gasteiger partial charge is 0.493 e. The quantitative estimate of drug-likeness (QED) is 0.508. The number of hydrogen-bond acceptors (Lipinski definition) is 7. The van der Waals surface area contributed by atoms with Gasteiger partial charge in [-0.15, -0.1) is 10.2 Å². The van der Waals surface area contributed by atoms with Gasteiger partial charge in [-0.05, 0) is 43.3 Å². The van der Waals surface area contributed by atoms with Crippen molar-refractivity contribution in [2.75, 3.05) is 26.8 Å². The second kappa shape index (κ2) is 9.27. The van der Waals surface area contributed by atoms with Crippen molar-refractivity contribution in [3.8, 4) is 34.4 Å². The van der Waals surface area contributed by atoms with E-state index < -0.39 is 10.0 Å². The van der Waals surface area contributed by atoms with E-state index >= 15 is 0 Å². The molecule has 0 aliphatic heterocycles. The second-order valence-corrected chi connectivity index (χ2v) is 8.27. The highest BCUT2D eigenvalue weighted by molar-refractivity contribution is 7.89. The van der Waals surface area contributed by atoms with E-state index in [-0.39, 0.29) is 10.8 Å². The Labute approximate surface area is 176 Å². The first-order chi connectivity index (χ1) is 14.4. The van der Waals surface area contributed by atoms with Crippen LogP contribution in [0.1, 0.15) is 20.8 Å². The first-order valence-electron chi connectivity index (χ1n) is 9.69. The molecule has 0 amide bonds. The lowest BCUT2D eigenvalue weighted by molar-refractivity contribution is 0.311. The smallest absolute Gasteiger partial charge is 0.248 e. The molecule has 0 aliphatic carbocycles. The van der Waals surface area contributed by atoms with Crippen molar-refractivity contribution in [1.29, 1.82) is 0 Å².